The van der Waals surface area contributed by atoms with Gasteiger partial charge in [-0.05, 0) is 32.6 Å². The second-order valence-corrected chi connectivity index (χ2v) is 9.68. The Balaban J connectivity index is 3.56. The molecule has 0 rings (SSSR count). The van der Waals surface area contributed by atoms with Crippen molar-refractivity contribution in [1.29, 1.82) is 0 Å². The van der Waals surface area contributed by atoms with E-state index in [1.54, 1.807) is 13.8 Å². The summed E-state index contributed by atoms with van der Waals surface area (Å²) >= 11 is 0. The lowest BCUT2D eigenvalue weighted by atomic mass is 9.94. The Labute approximate surface area is 186 Å². The number of esters is 2. The fourth-order valence-electron chi connectivity index (χ4n) is 3.29. The topological polar surface area (TPSA) is 52.6 Å². The van der Waals surface area contributed by atoms with Crippen LogP contribution in [0.5, 0.6) is 0 Å². The fraction of sp³-hybridized carbons (Fsp3) is 0.923. The largest absolute Gasteiger partial charge is 0.465 e. The molecule has 0 unspecified atom stereocenters. The first kappa shape index (κ1) is 28.9. The summed E-state index contributed by atoms with van der Waals surface area (Å²) in [5, 5.41) is 0. The average Bonchev–Trinajstić information content (AvgIpc) is 2.70. The molecule has 4 heteroatoms. The van der Waals surface area contributed by atoms with Crippen molar-refractivity contribution in [2.75, 3.05) is 13.2 Å². The number of ether oxygens (including phenoxy) is 2. The lowest BCUT2D eigenvalue weighted by Crippen LogP contribution is -2.37. The molecule has 0 aromatic carbocycles. The van der Waals surface area contributed by atoms with Crippen LogP contribution in [0.1, 0.15) is 131 Å². The van der Waals surface area contributed by atoms with E-state index in [4.69, 9.17) is 9.47 Å². The summed E-state index contributed by atoms with van der Waals surface area (Å²) in [5.41, 5.74) is -1.23. The molecule has 0 saturated carbocycles. The molecule has 0 spiro atoms. The molecule has 0 atom stereocenters. The summed E-state index contributed by atoms with van der Waals surface area (Å²) in [6.07, 6.45) is 18.9. The maximum Gasteiger partial charge on any atom is 0.322 e. The number of carbonyl (C=O) groups excluding carboxylic acids is 2. The third-order valence-corrected chi connectivity index (χ3v) is 5.68. The van der Waals surface area contributed by atoms with Crippen molar-refractivity contribution in [2.45, 2.75) is 131 Å². The van der Waals surface area contributed by atoms with E-state index in [1.807, 2.05) is 0 Å². The van der Waals surface area contributed by atoms with Crippen molar-refractivity contribution in [2.24, 2.45) is 11.3 Å². The molecule has 0 aromatic rings. The average molecular weight is 427 g/mol. The summed E-state index contributed by atoms with van der Waals surface area (Å²) in [6, 6.07) is 0. The monoisotopic (exact) mass is 426 g/mol. The Morgan fingerprint density at radius 1 is 0.633 bits per heavy atom. The highest BCUT2D eigenvalue weighted by Gasteiger charge is 2.39. The van der Waals surface area contributed by atoms with Gasteiger partial charge in [0.15, 0.2) is 5.41 Å². The van der Waals surface area contributed by atoms with Gasteiger partial charge < -0.3 is 9.47 Å². The number of rotatable bonds is 20. The van der Waals surface area contributed by atoms with Crippen LogP contribution >= 0.6 is 0 Å². The molecule has 0 bridgehead atoms. The first-order chi connectivity index (χ1) is 14.3. The van der Waals surface area contributed by atoms with Crippen LogP contribution < -0.4 is 0 Å². The highest BCUT2D eigenvalue weighted by Crippen LogP contribution is 2.20. The third kappa shape index (κ3) is 15.7. The quantitative estimate of drug-likeness (QED) is 0.114. The van der Waals surface area contributed by atoms with Crippen molar-refractivity contribution in [3.05, 3.63) is 0 Å². The Morgan fingerprint density at radius 2 is 1.00 bits per heavy atom. The van der Waals surface area contributed by atoms with Gasteiger partial charge in [0, 0.05) is 0 Å². The standard InChI is InChI=1S/C26H50O4/c1-6-7-8-9-10-11-12-13-14-15-16-17-18-19-21-29-24(27)26(4,5)25(28)30-22-20-23(2)3/h23H,6-22H2,1-5H3. The van der Waals surface area contributed by atoms with Gasteiger partial charge in [-0.2, -0.15) is 0 Å². The lowest BCUT2D eigenvalue weighted by molar-refractivity contribution is -0.170. The van der Waals surface area contributed by atoms with Crippen LogP contribution in [0.25, 0.3) is 0 Å². The van der Waals surface area contributed by atoms with Crippen molar-refractivity contribution in [1.82, 2.24) is 0 Å². The van der Waals surface area contributed by atoms with E-state index in [9.17, 15) is 9.59 Å². The molecule has 0 heterocycles. The minimum absolute atomic E-state index is 0.353. The van der Waals surface area contributed by atoms with Gasteiger partial charge in [0.1, 0.15) is 0 Å². The molecular formula is C26H50O4. The molecule has 0 aliphatic carbocycles. The van der Waals surface area contributed by atoms with Gasteiger partial charge >= 0.3 is 11.9 Å². The zero-order valence-corrected chi connectivity index (χ0v) is 20.7. The Hall–Kier alpha value is -1.06. The maximum atomic E-state index is 12.2. The number of unbranched alkanes of at least 4 members (excludes halogenated alkanes) is 13. The number of carbonyl (C=O) groups is 2. The normalized spacial score (nSPS) is 11.7. The van der Waals surface area contributed by atoms with Gasteiger partial charge in [0.2, 0.25) is 0 Å². The minimum Gasteiger partial charge on any atom is -0.465 e. The van der Waals surface area contributed by atoms with Crippen LogP contribution in [0.2, 0.25) is 0 Å². The van der Waals surface area contributed by atoms with E-state index < -0.39 is 17.4 Å². The lowest BCUT2D eigenvalue weighted by Gasteiger charge is -2.21. The maximum absolute atomic E-state index is 12.2. The highest BCUT2D eigenvalue weighted by atomic mass is 16.6. The van der Waals surface area contributed by atoms with Crippen molar-refractivity contribution in [3.63, 3.8) is 0 Å². The van der Waals surface area contributed by atoms with Crippen LogP contribution in [0.4, 0.5) is 0 Å². The van der Waals surface area contributed by atoms with E-state index in [-0.39, 0.29) is 0 Å². The molecule has 30 heavy (non-hydrogen) atoms. The van der Waals surface area contributed by atoms with E-state index in [0.717, 1.165) is 19.3 Å². The molecule has 4 nitrogen and oxygen atoms in total. The molecule has 0 saturated heterocycles. The summed E-state index contributed by atoms with van der Waals surface area (Å²) in [6.45, 7) is 10.3. The Bertz CT molecular complexity index is 429. The van der Waals surface area contributed by atoms with Crippen molar-refractivity contribution in [3.8, 4) is 0 Å². The van der Waals surface area contributed by atoms with Gasteiger partial charge in [-0.1, -0.05) is 104 Å². The molecule has 178 valence electrons. The molecule has 0 amide bonds. The van der Waals surface area contributed by atoms with Crippen molar-refractivity contribution < 1.29 is 19.1 Å². The van der Waals surface area contributed by atoms with E-state index in [0.29, 0.717) is 19.1 Å². The second-order valence-electron chi connectivity index (χ2n) is 9.68. The SMILES string of the molecule is CCCCCCCCCCCCCCCCOC(=O)C(C)(C)C(=O)OCCC(C)C. The van der Waals surface area contributed by atoms with Crippen LogP contribution in [0, 0.1) is 11.3 Å². The highest BCUT2D eigenvalue weighted by molar-refractivity contribution is 5.99. The second kappa shape index (κ2) is 18.7. The zero-order valence-electron chi connectivity index (χ0n) is 20.7. The first-order valence-corrected chi connectivity index (χ1v) is 12.7. The summed E-state index contributed by atoms with van der Waals surface area (Å²) in [4.78, 5) is 24.3. The molecule has 0 radical (unpaired) electrons. The predicted molar refractivity (Wildman–Crippen MR) is 125 cm³/mol. The summed E-state index contributed by atoms with van der Waals surface area (Å²) < 4.78 is 10.6. The minimum atomic E-state index is -1.23. The molecule has 0 N–H and O–H groups in total. The van der Waals surface area contributed by atoms with Crippen LogP contribution in [-0.4, -0.2) is 25.2 Å². The van der Waals surface area contributed by atoms with Gasteiger partial charge in [0.05, 0.1) is 13.2 Å². The van der Waals surface area contributed by atoms with Crippen LogP contribution in [0.15, 0.2) is 0 Å². The first-order valence-electron chi connectivity index (χ1n) is 12.7. The van der Waals surface area contributed by atoms with Crippen LogP contribution in [-0.2, 0) is 19.1 Å². The van der Waals surface area contributed by atoms with Crippen LogP contribution in [0.3, 0.4) is 0 Å². The fourth-order valence-corrected chi connectivity index (χ4v) is 3.29. The molecule has 0 fully saturated rings. The van der Waals surface area contributed by atoms with Gasteiger partial charge in [-0.15, -0.1) is 0 Å². The van der Waals surface area contributed by atoms with E-state index >= 15 is 0 Å². The summed E-state index contributed by atoms with van der Waals surface area (Å²) in [7, 11) is 0. The molecule has 0 aliphatic heterocycles. The van der Waals surface area contributed by atoms with Crippen molar-refractivity contribution >= 4 is 11.9 Å². The Morgan fingerprint density at radius 3 is 1.40 bits per heavy atom. The Kier molecular flexibility index (Phi) is 18.0. The zero-order chi connectivity index (χ0) is 22.7. The number of hydrogen-bond acceptors (Lipinski definition) is 4. The van der Waals surface area contributed by atoms with Gasteiger partial charge in [-0.3, -0.25) is 9.59 Å². The molecule has 0 aromatic heterocycles. The predicted octanol–water partition coefficient (Wildman–Crippen LogP) is 7.63. The molecular weight excluding hydrogens is 376 g/mol. The molecule has 0 aliphatic rings. The summed E-state index contributed by atoms with van der Waals surface area (Å²) in [5.74, 6) is -0.506. The van der Waals surface area contributed by atoms with E-state index in [1.165, 1.54) is 77.0 Å². The van der Waals surface area contributed by atoms with Gasteiger partial charge in [0.25, 0.3) is 0 Å². The smallest absolute Gasteiger partial charge is 0.322 e. The number of hydrogen-bond donors (Lipinski definition) is 0. The third-order valence-electron chi connectivity index (χ3n) is 5.68. The van der Waals surface area contributed by atoms with E-state index in [2.05, 4.69) is 20.8 Å². The van der Waals surface area contributed by atoms with Gasteiger partial charge in [-0.25, -0.2) is 0 Å².